The van der Waals surface area contributed by atoms with E-state index in [-0.39, 0.29) is 18.5 Å². The maximum Gasteiger partial charge on any atom is 0.312 e. The second-order valence-electron chi connectivity index (χ2n) is 5.71. The average molecular weight is 365 g/mol. The molecule has 4 N–H and O–H groups in total. The number of nitrogens with one attached hydrogen (secondary N) is 2. The number of hydrogen-bond acceptors (Lipinski definition) is 4. The molecule has 0 atom stereocenters. The Balaban J connectivity index is 0.00000194. The predicted octanol–water partition coefficient (Wildman–Crippen LogP) is 3.33. The van der Waals surface area contributed by atoms with Gasteiger partial charge in [-0.1, -0.05) is 39.3 Å². The highest BCUT2D eigenvalue weighted by atomic mass is 16.5. The summed E-state index contributed by atoms with van der Waals surface area (Å²) in [7, 11) is 0. The first-order chi connectivity index (χ1) is 12.4. The molecule has 0 saturated carbocycles. The van der Waals surface area contributed by atoms with Crippen LogP contribution in [0.5, 0.6) is 0 Å². The predicted molar refractivity (Wildman–Crippen MR) is 103 cm³/mol. The lowest BCUT2D eigenvalue weighted by molar-refractivity contribution is -0.144. The largest absolute Gasteiger partial charge is 0.461 e. The Labute approximate surface area is 155 Å². The van der Waals surface area contributed by atoms with Crippen LogP contribution in [0.3, 0.4) is 0 Å². The van der Waals surface area contributed by atoms with E-state index in [2.05, 4.69) is 24.5 Å². The van der Waals surface area contributed by atoms with Gasteiger partial charge in [0, 0.05) is 25.1 Å². The normalized spacial score (nSPS) is 9.50. The SMILES string of the molecule is CCC.CCC(=O)OCc1ccc(NC(=O)CCCCNC(N)=O)cc1. The van der Waals surface area contributed by atoms with E-state index in [1.54, 1.807) is 31.2 Å². The van der Waals surface area contributed by atoms with Crippen LogP contribution in [0.1, 0.15) is 58.4 Å². The first kappa shape index (κ1) is 23.4. The summed E-state index contributed by atoms with van der Waals surface area (Å²) in [5.41, 5.74) is 6.49. The topological polar surface area (TPSA) is 111 Å². The lowest BCUT2D eigenvalue weighted by atomic mass is 10.2. The molecule has 7 heteroatoms. The Hall–Kier alpha value is -2.57. The van der Waals surface area contributed by atoms with Crippen molar-refractivity contribution < 1.29 is 19.1 Å². The summed E-state index contributed by atoms with van der Waals surface area (Å²) in [5, 5.41) is 5.26. The lowest BCUT2D eigenvalue weighted by Crippen LogP contribution is -2.30. The van der Waals surface area contributed by atoms with Gasteiger partial charge < -0.3 is 21.1 Å². The molecule has 0 aromatic heterocycles. The number of primary amides is 1. The fourth-order valence-corrected chi connectivity index (χ4v) is 1.80. The number of carbonyl (C=O) groups excluding carboxylic acids is 3. The van der Waals surface area contributed by atoms with E-state index < -0.39 is 6.03 Å². The van der Waals surface area contributed by atoms with Crippen molar-refractivity contribution >= 4 is 23.6 Å². The van der Waals surface area contributed by atoms with Crippen LogP contribution in [0.2, 0.25) is 0 Å². The first-order valence-electron chi connectivity index (χ1n) is 9.00. The van der Waals surface area contributed by atoms with Gasteiger partial charge in [0.05, 0.1) is 0 Å². The Morgan fingerprint density at radius 3 is 2.19 bits per heavy atom. The number of esters is 1. The summed E-state index contributed by atoms with van der Waals surface area (Å²) in [6.07, 6.45) is 3.33. The van der Waals surface area contributed by atoms with Crippen LogP contribution in [0.4, 0.5) is 10.5 Å². The minimum absolute atomic E-state index is 0.0887. The van der Waals surface area contributed by atoms with Gasteiger partial charge in [-0.25, -0.2) is 4.79 Å². The number of nitrogens with two attached hydrogens (primary N) is 1. The van der Waals surface area contributed by atoms with Crippen molar-refractivity contribution in [1.82, 2.24) is 5.32 Å². The third-order valence-electron chi connectivity index (χ3n) is 3.06. The highest BCUT2D eigenvalue weighted by Gasteiger charge is 2.04. The molecule has 0 unspecified atom stereocenters. The molecule has 0 spiro atoms. The first-order valence-corrected chi connectivity index (χ1v) is 9.00. The summed E-state index contributed by atoms with van der Waals surface area (Å²) < 4.78 is 5.03. The van der Waals surface area contributed by atoms with Gasteiger partial charge in [-0.3, -0.25) is 9.59 Å². The van der Waals surface area contributed by atoms with E-state index in [0.29, 0.717) is 37.9 Å². The van der Waals surface area contributed by atoms with Gasteiger partial charge in [-0.15, -0.1) is 0 Å². The van der Waals surface area contributed by atoms with Crippen molar-refractivity contribution in [2.75, 3.05) is 11.9 Å². The van der Waals surface area contributed by atoms with Crippen LogP contribution in [-0.2, 0) is 20.9 Å². The number of amides is 3. The summed E-state index contributed by atoms with van der Waals surface area (Å²) in [5.74, 6) is -0.331. The zero-order chi connectivity index (χ0) is 19.8. The third kappa shape index (κ3) is 12.8. The summed E-state index contributed by atoms with van der Waals surface area (Å²) >= 11 is 0. The molecule has 146 valence electrons. The Morgan fingerprint density at radius 2 is 1.65 bits per heavy atom. The molecule has 1 aromatic rings. The van der Waals surface area contributed by atoms with E-state index in [1.807, 2.05) is 0 Å². The van der Waals surface area contributed by atoms with Gasteiger partial charge in [0.2, 0.25) is 5.91 Å². The van der Waals surface area contributed by atoms with Crippen molar-refractivity contribution in [3.05, 3.63) is 29.8 Å². The molecule has 0 heterocycles. The van der Waals surface area contributed by atoms with E-state index in [1.165, 1.54) is 6.42 Å². The van der Waals surface area contributed by atoms with Gasteiger partial charge in [0.25, 0.3) is 0 Å². The van der Waals surface area contributed by atoms with Crippen molar-refractivity contribution in [2.45, 2.75) is 59.5 Å². The maximum atomic E-state index is 11.8. The van der Waals surface area contributed by atoms with Crippen LogP contribution in [0.15, 0.2) is 24.3 Å². The fourth-order valence-electron chi connectivity index (χ4n) is 1.80. The molecule has 26 heavy (non-hydrogen) atoms. The Bertz CT molecular complexity index is 544. The van der Waals surface area contributed by atoms with Gasteiger partial charge in [0.15, 0.2) is 0 Å². The number of benzene rings is 1. The molecule has 1 aromatic carbocycles. The second-order valence-corrected chi connectivity index (χ2v) is 5.71. The minimum atomic E-state index is -0.556. The maximum absolute atomic E-state index is 11.8. The molecule has 7 nitrogen and oxygen atoms in total. The van der Waals surface area contributed by atoms with Crippen LogP contribution < -0.4 is 16.4 Å². The second kappa shape index (κ2) is 14.7. The summed E-state index contributed by atoms with van der Waals surface area (Å²) in [4.78, 5) is 33.3. The molecule has 0 aliphatic rings. The number of unbranched alkanes of at least 4 members (excludes halogenated alkanes) is 1. The van der Waals surface area contributed by atoms with Gasteiger partial charge in [-0.05, 0) is 30.5 Å². The van der Waals surface area contributed by atoms with Crippen LogP contribution >= 0.6 is 0 Å². The zero-order valence-corrected chi connectivity index (χ0v) is 16.0. The summed E-state index contributed by atoms with van der Waals surface area (Å²) in [6, 6.07) is 6.58. The monoisotopic (exact) mass is 365 g/mol. The lowest BCUT2D eigenvalue weighted by Gasteiger charge is -2.07. The standard InChI is InChI=1S/C16H23N3O4.C3H8/c1-2-15(21)23-11-12-6-8-13(9-7-12)19-14(20)5-3-4-10-18-16(17)22;1-3-2/h6-9H,2-5,10-11H2,1H3,(H,19,20)(H3,17,18,22);3H2,1-2H3. The molecule has 0 aliphatic carbocycles. The number of anilines is 1. The average Bonchev–Trinajstić information content (AvgIpc) is 2.61. The van der Waals surface area contributed by atoms with E-state index in [0.717, 1.165) is 5.56 Å². The molecule has 0 radical (unpaired) electrons. The van der Waals surface area contributed by atoms with E-state index in [4.69, 9.17) is 10.5 Å². The smallest absolute Gasteiger partial charge is 0.312 e. The van der Waals surface area contributed by atoms with Crippen LogP contribution in [0, 0.1) is 0 Å². The molecule has 3 amide bonds. The highest BCUT2D eigenvalue weighted by molar-refractivity contribution is 5.90. The Morgan fingerprint density at radius 1 is 1.04 bits per heavy atom. The molecule has 1 rings (SSSR count). The molecule has 0 fully saturated rings. The Kier molecular flexibility index (Phi) is 13.3. The summed E-state index contributed by atoms with van der Waals surface area (Å²) in [6.45, 7) is 6.69. The molecule has 0 bridgehead atoms. The highest BCUT2D eigenvalue weighted by Crippen LogP contribution is 2.11. The van der Waals surface area contributed by atoms with Crippen LogP contribution in [0.25, 0.3) is 0 Å². The fraction of sp³-hybridized carbons (Fsp3) is 0.526. The number of carbonyl (C=O) groups is 3. The van der Waals surface area contributed by atoms with E-state index in [9.17, 15) is 14.4 Å². The third-order valence-corrected chi connectivity index (χ3v) is 3.06. The van der Waals surface area contributed by atoms with Gasteiger partial charge in [-0.2, -0.15) is 0 Å². The molecule has 0 aliphatic heterocycles. The number of hydrogen-bond donors (Lipinski definition) is 3. The minimum Gasteiger partial charge on any atom is -0.461 e. The molecular formula is C19H31N3O4. The van der Waals surface area contributed by atoms with Gasteiger partial charge >= 0.3 is 12.0 Å². The van der Waals surface area contributed by atoms with Crippen molar-refractivity contribution in [3.63, 3.8) is 0 Å². The zero-order valence-electron chi connectivity index (χ0n) is 16.0. The van der Waals surface area contributed by atoms with Crippen molar-refractivity contribution in [2.24, 2.45) is 5.73 Å². The number of rotatable bonds is 9. The van der Waals surface area contributed by atoms with Crippen molar-refractivity contribution in [1.29, 1.82) is 0 Å². The van der Waals surface area contributed by atoms with E-state index >= 15 is 0 Å². The van der Waals surface area contributed by atoms with Gasteiger partial charge in [0.1, 0.15) is 6.61 Å². The van der Waals surface area contributed by atoms with Crippen molar-refractivity contribution in [3.8, 4) is 0 Å². The number of ether oxygens (including phenoxy) is 1. The van der Waals surface area contributed by atoms with Crippen LogP contribution in [-0.4, -0.2) is 24.5 Å². The number of urea groups is 1. The molecule has 0 saturated heterocycles. The molecular weight excluding hydrogens is 334 g/mol. The quantitative estimate of drug-likeness (QED) is 0.460.